The summed E-state index contributed by atoms with van der Waals surface area (Å²) in [6.07, 6.45) is 21.5. The summed E-state index contributed by atoms with van der Waals surface area (Å²) < 4.78 is 27.6. The molecule has 5 aromatic carbocycles. The number of carbonyl (C=O) groups excluding carboxylic acids is 6. The number of aliphatic carboxylic acids is 1. The number of guanidine groups is 2. The molecule has 4 amide bonds. The fourth-order valence-electron chi connectivity index (χ4n) is 13.0. The molecule has 0 atom stereocenters. The molecule has 26 heteroatoms. The monoisotopic (exact) mass is 1660 g/mol. The number of aliphatic imine (C=N–C) groups is 2. The number of unbranched alkanes of at least 4 members (excludes halogenated alkanes) is 15. The van der Waals surface area contributed by atoms with Crippen molar-refractivity contribution >= 4 is 75.5 Å². The van der Waals surface area contributed by atoms with Crippen LogP contribution in [-0.4, -0.2) is 190 Å². The Balaban J connectivity index is 0.000000469. The van der Waals surface area contributed by atoms with Gasteiger partial charge in [0.15, 0.2) is 11.9 Å². The molecule has 0 saturated heterocycles. The number of aliphatic hydroxyl groups is 1. The van der Waals surface area contributed by atoms with E-state index in [2.05, 4.69) is 84.3 Å². The molecule has 111 heavy (non-hydrogen) atoms. The maximum absolute atomic E-state index is 13.0. The molecule has 0 saturated carbocycles. The van der Waals surface area contributed by atoms with Gasteiger partial charge in [-0.1, -0.05) is 205 Å². The van der Waals surface area contributed by atoms with Crippen LogP contribution in [-0.2, 0) is 39.0 Å². The Morgan fingerprint density at radius 2 is 1.04 bits per heavy atom. The van der Waals surface area contributed by atoms with Crippen LogP contribution in [0.4, 0.5) is 7.65 Å². The van der Waals surface area contributed by atoms with E-state index in [0.717, 1.165) is 164 Å². The Hall–Kier alpha value is -8.57. The number of carboxylic acids is 1. The third-order valence-electron chi connectivity index (χ3n) is 18.8. The number of nitrogens with two attached hydrogens (primary N) is 5. The predicted octanol–water partition coefficient (Wildman–Crippen LogP) is 12.1. The van der Waals surface area contributed by atoms with E-state index in [1.807, 2.05) is 104 Å². The number of alkyl halides is 1. The topological polar surface area (TPSA) is 379 Å². The summed E-state index contributed by atoms with van der Waals surface area (Å²) in [5, 5.41) is 27.2. The van der Waals surface area contributed by atoms with E-state index in [9.17, 15) is 41.5 Å². The van der Waals surface area contributed by atoms with Gasteiger partial charge in [0.2, 0.25) is 17.7 Å². The Morgan fingerprint density at radius 3 is 1.59 bits per heavy atom. The minimum atomic E-state index is -2.51. The summed E-state index contributed by atoms with van der Waals surface area (Å²) in [6.45, 7) is 10.4. The third-order valence-corrected chi connectivity index (χ3v) is 18.8. The second-order valence-corrected chi connectivity index (χ2v) is 28.3. The molecule has 0 radical (unpaired) electrons. The van der Waals surface area contributed by atoms with Crippen molar-refractivity contribution in [2.75, 3.05) is 110 Å². The van der Waals surface area contributed by atoms with E-state index >= 15 is 0 Å². The van der Waals surface area contributed by atoms with Crippen molar-refractivity contribution in [1.82, 2.24) is 30.7 Å². The van der Waals surface area contributed by atoms with Crippen molar-refractivity contribution in [3.63, 3.8) is 0 Å². The first-order valence-corrected chi connectivity index (χ1v) is 42.8. The normalized spacial score (nSPS) is 11.5. The van der Waals surface area contributed by atoms with E-state index in [1.54, 1.807) is 0 Å². The van der Waals surface area contributed by atoms with Gasteiger partial charge in [-0.05, 0) is 136 Å². The molecule has 616 valence electrons. The van der Waals surface area contributed by atoms with Gasteiger partial charge in [-0.2, -0.15) is 0 Å². The van der Waals surface area contributed by atoms with Crippen LogP contribution in [0.2, 0.25) is 0 Å². The number of hydrogen-bond donors (Lipinski definition) is 10. The summed E-state index contributed by atoms with van der Waals surface area (Å²) in [4.78, 5) is 99.7. The van der Waals surface area contributed by atoms with Gasteiger partial charge in [-0.15, -0.1) is 0 Å². The van der Waals surface area contributed by atoms with Crippen LogP contribution in [0.25, 0.3) is 11.1 Å². The zero-order valence-corrected chi connectivity index (χ0v) is 68.5. The first kappa shape index (κ1) is 94.8. The summed E-state index contributed by atoms with van der Waals surface area (Å²) in [7, 11) is 2.04. The van der Waals surface area contributed by atoms with E-state index in [1.165, 1.54) is 27.2 Å². The number of nitrogens with one attached hydrogen (secondary N) is 3. The predicted molar refractivity (Wildman–Crippen MR) is 454 cm³/mol. The quantitative estimate of drug-likeness (QED) is 0.00253. The number of halogens is 2. The van der Waals surface area contributed by atoms with Crippen molar-refractivity contribution in [3.8, 4) is 11.1 Å². The van der Waals surface area contributed by atoms with E-state index in [-0.39, 0.29) is 74.0 Å². The van der Waals surface area contributed by atoms with Crippen LogP contribution in [0.5, 0.6) is 0 Å². The third kappa shape index (κ3) is 41.0. The Labute approximate surface area is 671 Å². The number of aldehydes is 1. The van der Waals surface area contributed by atoms with Gasteiger partial charge in [0.05, 0.1) is 25.0 Å². The van der Waals surface area contributed by atoms with Gasteiger partial charge in [0, 0.05) is 96.3 Å². The van der Waals surface area contributed by atoms with Crippen molar-refractivity contribution < 1.29 is 56.1 Å². The fourth-order valence-corrected chi connectivity index (χ4v) is 13.0. The first-order valence-electron chi connectivity index (χ1n) is 40.2. The number of rotatable bonds is 54. The number of ether oxygens (including phenoxy) is 2. The van der Waals surface area contributed by atoms with Crippen molar-refractivity contribution in [3.05, 3.63) is 167 Å². The van der Waals surface area contributed by atoms with Gasteiger partial charge in [-0.25, -0.2) is 4.79 Å². The molecule has 0 unspecified atom stereocenters. The Kier molecular flexibility index (Phi) is 52.2. The number of nitrogens with zero attached hydrogens (tertiary/aromatic N) is 5. The van der Waals surface area contributed by atoms with Gasteiger partial charge in [0.25, 0.3) is 0 Å². The SMILES string of the molecule is CCCNC(=O)CCC(=O)OCCCCCCN.CN(CCCCCCN=C(N)N)CCC(=O)N(CCCCCCN=C(N)N)CCC(=O)NCCCCCCO.O=Cc1ccc(C(c2ccccc2)(c2ccccc2)N(CCCCCCNC(=O)OCC2c3ccccc3-c3ccccc32)CCC(=O)O)cc1.[3H]I(C)F. The minimum absolute atomic E-state index is 0.0160. The van der Waals surface area contributed by atoms with Crippen LogP contribution >= 0.6 is 21.6 Å². The van der Waals surface area contributed by atoms with Crippen LogP contribution < -0.4 is 44.6 Å². The number of fused-ring (bicyclic) bond motifs is 3. The molecule has 15 N–H and O–H groups in total. The molecule has 5 aromatic rings. The molecular formula is C85H131FIN13O11. The van der Waals surface area contributed by atoms with Gasteiger partial charge in [-0.3, -0.25) is 43.7 Å². The number of esters is 1. The number of benzene rings is 5. The van der Waals surface area contributed by atoms with Crippen molar-refractivity contribution in [1.29, 1.82) is 0.594 Å². The summed E-state index contributed by atoms with van der Waals surface area (Å²) in [5.41, 5.74) is 34.3. The van der Waals surface area contributed by atoms with Crippen LogP contribution in [0.1, 0.15) is 218 Å². The summed E-state index contributed by atoms with van der Waals surface area (Å²) >= 11 is -2.51. The van der Waals surface area contributed by atoms with Crippen molar-refractivity contribution in [2.24, 2.45) is 38.7 Å². The number of aliphatic hydroxyl groups excluding tert-OH is 1. The number of carbonyl (C=O) groups is 7. The number of hydrogen-bond acceptors (Lipinski definition) is 15. The van der Waals surface area contributed by atoms with Crippen LogP contribution in [0, 0.1) is 0 Å². The molecule has 0 spiro atoms. The number of alkyl carbamates (subject to hydrolysis) is 1. The number of amides is 4. The summed E-state index contributed by atoms with van der Waals surface area (Å²) in [5.74, 6) is -0.886. The van der Waals surface area contributed by atoms with Gasteiger partial charge in [0.1, 0.15) is 12.9 Å². The Bertz CT molecular complexity index is 3380. The molecule has 0 heterocycles. The molecule has 0 aromatic heterocycles. The van der Waals surface area contributed by atoms with Crippen LogP contribution in [0.3, 0.4) is 0 Å². The van der Waals surface area contributed by atoms with E-state index in [4.69, 9.17) is 43.8 Å². The Morgan fingerprint density at radius 1 is 0.550 bits per heavy atom. The first-order chi connectivity index (χ1) is 54.2. The molecule has 1 aliphatic rings. The zero-order chi connectivity index (χ0) is 81.8. The molecule has 1 aliphatic carbocycles. The molecule has 6 rings (SSSR count). The molecule has 24 nitrogen and oxygen atoms in total. The second-order valence-electron chi connectivity index (χ2n) is 27.5. The van der Waals surface area contributed by atoms with Gasteiger partial charge >= 0.3 is 48.0 Å². The van der Waals surface area contributed by atoms with E-state index in [0.29, 0.717) is 97.0 Å². The second kappa shape index (κ2) is 61.1. The molecular weight excluding hydrogens is 1520 g/mol. The maximum atomic E-state index is 13.0. The number of carboxylic acid groups (broad SMARTS) is 1. The summed E-state index contributed by atoms with van der Waals surface area (Å²) in [6, 6.07) is 44.5. The van der Waals surface area contributed by atoms with Crippen molar-refractivity contribution in [2.45, 2.75) is 185 Å². The van der Waals surface area contributed by atoms with Crippen LogP contribution in [0.15, 0.2) is 143 Å². The molecule has 0 bridgehead atoms. The average molecular weight is 1660 g/mol. The fraction of sp³-hybridized carbons (Fsp3) is 0.541. The standard InChI is InChI=1S/C44H44N2O5.C27H57N9O3.C13H26N2O3.CH4FI/c47-31-33-23-25-36(26-24-33)44(34-15-5-3-6-16-34,35-17-7-4-8-18-35)46(30-27-42(48)49)29-14-2-1-13-28-45-43(50)51-32-41-39-21-11-9-19-37(39)38-20-10-12-22-40(38)41;1-35(19-11-5-2-9-17-33-26(28)29)21-15-25(39)36(20-12-6-3-10-18-34-27(30)31)22-14-24(38)32-16-8-4-7-13-23-37;1-2-10-15-12(16)7-8-13(17)18-11-6-4-3-5-9-14;1-3-2/h3-12,15-26,31,41H,1-2,13-14,27-30,32H2,(H,45,50)(H,48,49);37H,2-23H2,1H3,(H,32,38)(H4,28,29,33)(H4,30,31,34);2-11,14H2,1H3,(H,15,16);3H,1H3/i;;;3T. The van der Waals surface area contributed by atoms with Gasteiger partial charge < -0.3 is 74.1 Å². The molecule has 0 aliphatic heterocycles. The zero-order valence-electron chi connectivity index (χ0n) is 67.3. The average Bonchev–Trinajstić information content (AvgIpc) is 1.09. The molecule has 0 fully saturated rings. The van der Waals surface area contributed by atoms with E-state index < -0.39 is 39.2 Å².